The number of pyridine rings is 1. The van der Waals surface area contributed by atoms with E-state index in [-0.39, 0.29) is 5.91 Å². The van der Waals surface area contributed by atoms with E-state index < -0.39 is 12.0 Å². The van der Waals surface area contributed by atoms with Gasteiger partial charge in [0.05, 0.1) is 17.1 Å². The van der Waals surface area contributed by atoms with Crippen molar-refractivity contribution in [2.24, 2.45) is 0 Å². The molecule has 0 saturated carbocycles. The van der Waals surface area contributed by atoms with Crippen molar-refractivity contribution in [1.29, 1.82) is 0 Å². The summed E-state index contributed by atoms with van der Waals surface area (Å²) in [6, 6.07) is 13.3. The number of rotatable bonds is 6. The molecule has 1 aromatic carbocycles. The van der Waals surface area contributed by atoms with E-state index in [2.05, 4.69) is 15.6 Å². The Bertz CT molecular complexity index is 903. The fourth-order valence-electron chi connectivity index (χ4n) is 2.42. The summed E-state index contributed by atoms with van der Waals surface area (Å²) in [5, 5.41) is 15.7. The second kappa shape index (κ2) is 8.07. The number of benzene rings is 1. The van der Waals surface area contributed by atoms with E-state index >= 15 is 0 Å². The number of hydrogen-bond donors (Lipinski definition) is 3. The highest BCUT2D eigenvalue weighted by molar-refractivity contribution is 7.20. The Hall–Kier alpha value is -2.77. The van der Waals surface area contributed by atoms with Gasteiger partial charge in [0.1, 0.15) is 6.10 Å². The molecule has 3 N–H and O–H groups in total. The first-order valence-electron chi connectivity index (χ1n) is 8.19. The lowest BCUT2D eigenvalue weighted by molar-refractivity contribution is -0.128. The molecule has 0 bridgehead atoms. The third-order valence-corrected chi connectivity index (χ3v) is 4.92. The second-order valence-corrected chi connectivity index (χ2v) is 6.96. The number of aliphatic hydroxyl groups is 1. The van der Waals surface area contributed by atoms with E-state index in [1.807, 2.05) is 36.4 Å². The summed E-state index contributed by atoms with van der Waals surface area (Å²) < 4.78 is 1.08. The largest absolute Gasteiger partial charge is 0.384 e. The van der Waals surface area contributed by atoms with Crippen LogP contribution < -0.4 is 10.6 Å². The summed E-state index contributed by atoms with van der Waals surface area (Å²) in [5.74, 6) is -0.567. The number of carbonyl (C=O) groups excluding carboxylic acids is 2. The minimum Gasteiger partial charge on any atom is -0.384 e. The van der Waals surface area contributed by atoms with Crippen molar-refractivity contribution in [3.05, 3.63) is 64.8 Å². The molecule has 134 valence electrons. The minimum absolute atomic E-state index is 0.138. The summed E-state index contributed by atoms with van der Waals surface area (Å²) in [6.45, 7) is 2.01. The summed E-state index contributed by atoms with van der Waals surface area (Å²) in [6.07, 6.45) is 0.585. The van der Waals surface area contributed by atoms with E-state index in [1.165, 1.54) is 18.3 Å². The lowest BCUT2D eigenvalue weighted by atomic mass is 10.2. The number of nitrogens with one attached hydrogen (secondary N) is 2. The van der Waals surface area contributed by atoms with Crippen LogP contribution in [0, 0.1) is 0 Å². The van der Waals surface area contributed by atoms with Gasteiger partial charge in [0, 0.05) is 17.4 Å². The van der Waals surface area contributed by atoms with Crippen molar-refractivity contribution in [2.45, 2.75) is 26.1 Å². The van der Waals surface area contributed by atoms with Gasteiger partial charge in [0.2, 0.25) is 5.91 Å². The zero-order chi connectivity index (χ0) is 18.5. The second-order valence-electron chi connectivity index (χ2n) is 5.88. The van der Waals surface area contributed by atoms with Gasteiger partial charge in [-0.25, -0.2) is 0 Å². The molecule has 0 spiro atoms. The van der Waals surface area contributed by atoms with Gasteiger partial charge in [-0.05, 0) is 42.1 Å². The molecule has 7 heteroatoms. The number of amides is 2. The maximum absolute atomic E-state index is 12.3. The van der Waals surface area contributed by atoms with Gasteiger partial charge in [0.25, 0.3) is 5.91 Å². The molecule has 0 aliphatic rings. The number of aliphatic hydroxyl groups excluding tert-OH is 1. The number of aromatic nitrogens is 1. The quantitative estimate of drug-likeness (QED) is 0.621. The Morgan fingerprint density at radius 2 is 1.96 bits per heavy atom. The van der Waals surface area contributed by atoms with Crippen molar-refractivity contribution in [3.63, 3.8) is 0 Å². The fourth-order valence-corrected chi connectivity index (χ4v) is 3.40. The predicted molar refractivity (Wildman–Crippen MR) is 101 cm³/mol. The van der Waals surface area contributed by atoms with Crippen LogP contribution in [-0.4, -0.2) is 28.0 Å². The van der Waals surface area contributed by atoms with Crippen LogP contribution in [0.15, 0.2) is 48.7 Å². The molecule has 2 aromatic heterocycles. The molecule has 2 heterocycles. The smallest absolute Gasteiger partial charge is 0.261 e. The summed E-state index contributed by atoms with van der Waals surface area (Å²) in [4.78, 5) is 28.7. The normalized spacial score (nSPS) is 11.9. The van der Waals surface area contributed by atoms with Crippen LogP contribution in [0.5, 0.6) is 0 Å². The molecule has 0 unspecified atom stereocenters. The number of carbonyl (C=O) groups is 2. The van der Waals surface area contributed by atoms with Gasteiger partial charge >= 0.3 is 0 Å². The number of hydrogen-bond acceptors (Lipinski definition) is 5. The molecule has 6 nitrogen and oxygen atoms in total. The predicted octanol–water partition coefficient (Wildman–Crippen LogP) is 2.22. The fraction of sp³-hybridized carbons (Fsp3) is 0.211. The number of thiophene rings is 1. The molecule has 1 atom stereocenters. The Labute approximate surface area is 154 Å². The Kier molecular flexibility index (Phi) is 5.60. The standard InChI is InChI=1S/C19H19N3O3S/c1-12(23)18(24)21-10-13-6-7-20-15(8-13)11-22-19(25)17-9-14-4-2-3-5-16(14)26-17/h2-9,12,23H,10-11H2,1H3,(H,21,24)(H,22,25)/t12-/m1/s1. The highest BCUT2D eigenvalue weighted by Crippen LogP contribution is 2.25. The average molecular weight is 369 g/mol. The zero-order valence-electron chi connectivity index (χ0n) is 14.2. The van der Waals surface area contributed by atoms with Crippen molar-refractivity contribution < 1.29 is 14.7 Å². The lowest BCUT2D eigenvalue weighted by Crippen LogP contribution is -2.32. The van der Waals surface area contributed by atoms with Gasteiger partial charge < -0.3 is 15.7 Å². The monoisotopic (exact) mass is 369 g/mol. The molecular weight excluding hydrogens is 350 g/mol. The van der Waals surface area contributed by atoms with Crippen LogP contribution in [0.3, 0.4) is 0 Å². The highest BCUT2D eigenvalue weighted by atomic mass is 32.1. The molecule has 26 heavy (non-hydrogen) atoms. The lowest BCUT2D eigenvalue weighted by Gasteiger charge is -2.08. The molecule has 3 aromatic rings. The van der Waals surface area contributed by atoms with Crippen molar-refractivity contribution >= 4 is 33.2 Å². The molecule has 0 aliphatic carbocycles. The topological polar surface area (TPSA) is 91.3 Å². The highest BCUT2D eigenvalue weighted by Gasteiger charge is 2.11. The molecule has 0 fully saturated rings. The summed E-state index contributed by atoms with van der Waals surface area (Å²) in [7, 11) is 0. The van der Waals surface area contributed by atoms with Gasteiger partial charge in [-0.2, -0.15) is 0 Å². The third kappa shape index (κ3) is 4.44. The van der Waals surface area contributed by atoms with Crippen LogP contribution in [0.1, 0.15) is 27.9 Å². The van der Waals surface area contributed by atoms with Gasteiger partial charge in [0.15, 0.2) is 0 Å². The maximum Gasteiger partial charge on any atom is 0.261 e. The number of fused-ring (bicyclic) bond motifs is 1. The van der Waals surface area contributed by atoms with Crippen molar-refractivity contribution in [3.8, 4) is 0 Å². The van der Waals surface area contributed by atoms with Crippen LogP contribution >= 0.6 is 11.3 Å². The van der Waals surface area contributed by atoms with Crippen molar-refractivity contribution in [2.75, 3.05) is 0 Å². The van der Waals surface area contributed by atoms with E-state index in [1.54, 1.807) is 12.3 Å². The van der Waals surface area contributed by atoms with E-state index in [4.69, 9.17) is 0 Å². The third-order valence-electron chi connectivity index (χ3n) is 3.81. The van der Waals surface area contributed by atoms with Crippen molar-refractivity contribution in [1.82, 2.24) is 15.6 Å². The molecule has 0 aliphatic heterocycles. The van der Waals surface area contributed by atoms with Crippen LogP contribution in [0.25, 0.3) is 10.1 Å². The van der Waals surface area contributed by atoms with E-state index in [0.717, 1.165) is 15.6 Å². The van der Waals surface area contributed by atoms with Gasteiger partial charge in [-0.15, -0.1) is 11.3 Å². The SMILES string of the molecule is C[C@@H](O)C(=O)NCc1ccnc(CNC(=O)c2cc3ccccc3s2)c1. The first-order chi connectivity index (χ1) is 12.5. The van der Waals surface area contributed by atoms with Gasteiger partial charge in [-0.1, -0.05) is 18.2 Å². The van der Waals surface area contributed by atoms with Crippen LogP contribution in [0.2, 0.25) is 0 Å². The summed E-state index contributed by atoms with van der Waals surface area (Å²) >= 11 is 1.45. The minimum atomic E-state index is -1.04. The molecule has 3 rings (SSSR count). The zero-order valence-corrected chi connectivity index (χ0v) is 15.0. The maximum atomic E-state index is 12.3. The first-order valence-corrected chi connectivity index (χ1v) is 9.01. The average Bonchev–Trinajstić information content (AvgIpc) is 3.08. The Morgan fingerprint density at radius 1 is 1.15 bits per heavy atom. The van der Waals surface area contributed by atoms with E-state index in [0.29, 0.717) is 23.7 Å². The van der Waals surface area contributed by atoms with Gasteiger partial charge in [-0.3, -0.25) is 14.6 Å². The van der Waals surface area contributed by atoms with E-state index in [9.17, 15) is 14.7 Å². The van der Waals surface area contributed by atoms with Crippen LogP contribution in [-0.2, 0) is 17.9 Å². The summed E-state index contributed by atoms with van der Waals surface area (Å²) in [5.41, 5.74) is 1.54. The van der Waals surface area contributed by atoms with Crippen LogP contribution in [0.4, 0.5) is 0 Å². The Morgan fingerprint density at radius 3 is 2.73 bits per heavy atom. The molecular formula is C19H19N3O3S. The number of nitrogens with zero attached hydrogens (tertiary/aromatic N) is 1. The Balaban J connectivity index is 1.59. The molecule has 0 radical (unpaired) electrons. The molecule has 0 saturated heterocycles. The first kappa shape index (κ1) is 18.0. The molecule has 2 amide bonds.